The summed E-state index contributed by atoms with van der Waals surface area (Å²) in [6.45, 7) is 0.846. The number of carbonyl (C=O) groups is 3. The van der Waals surface area contributed by atoms with Crippen molar-refractivity contribution in [3.63, 3.8) is 0 Å². The molecule has 0 unspecified atom stereocenters. The van der Waals surface area contributed by atoms with Crippen LogP contribution in [-0.4, -0.2) is 29.4 Å². The minimum atomic E-state index is -0.636. The Morgan fingerprint density at radius 2 is 1.89 bits per heavy atom. The number of halogens is 2. The number of rotatable bonds is 7. The Bertz CT molecular complexity index is 831. The van der Waals surface area contributed by atoms with E-state index in [2.05, 4.69) is 15.6 Å². The summed E-state index contributed by atoms with van der Waals surface area (Å²) in [7, 11) is 0. The zero-order valence-electron chi connectivity index (χ0n) is 14.4. The average Bonchev–Trinajstić information content (AvgIpc) is 2.62. The lowest BCUT2D eigenvalue weighted by Gasteiger charge is -2.17. The van der Waals surface area contributed by atoms with Gasteiger partial charge >= 0.3 is 5.97 Å². The number of nitrogens with one attached hydrogen (secondary N) is 2. The van der Waals surface area contributed by atoms with Gasteiger partial charge in [0.15, 0.2) is 12.4 Å². The minimum Gasteiger partial charge on any atom is -0.455 e. The molecule has 0 bridgehead atoms. The number of hydrogen-bond donors (Lipinski definition) is 2. The van der Waals surface area contributed by atoms with Gasteiger partial charge in [0.2, 0.25) is 5.91 Å². The van der Waals surface area contributed by atoms with Crippen molar-refractivity contribution in [2.45, 2.75) is 19.4 Å². The highest BCUT2D eigenvalue weighted by Gasteiger charge is 2.19. The fraction of sp³-hybridized carbons (Fsp3) is 0.222. The summed E-state index contributed by atoms with van der Waals surface area (Å²) in [6.07, 6.45) is 1.21. The maximum atomic E-state index is 12.1. The van der Waals surface area contributed by atoms with Crippen LogP contribution in [0.5, 0.6) is 0 Å². The molecular formula is C18H17Cl2N3O4. The van der Waals surface area contributed by atoms with E-state index in [1.807, 2.05) is 6.07 Å². The molecule has 142 valence electrons. The fourth-order valence-corrected chi connectivity index (χ4v) is 2.66. The van der Waals surface area contributed by atoms with Crippen LogP contribution in [-0.2, 0) is 19.1 Å². The van der Waals surface area contributed by atoms with E-state index in [1.165, 1.54) is 19.2 Å². The molecule has 9 heteroatoms. The molecule has 0 spiro atoms. The monoisotopic (exact) mass is 409 g/mol. The predicted molar refractivity (Wildman–Crippen MR) is 101 cm³/mol. The summed E-state index contributed by atoms with van der Waals surface area (Å²) in [5.74, 6) is -1.40. The molecule has 0 fully saturated rings. The summed E-state index contributed by atoms with van der Waals surface area (Å²) in [5.41, 5.74) is 0.756. The first-order chi connectivity index (χ1) is 12.8. The maximum absolute atomic E-state index is 12.1. The van der Waals surface area contributed by atoms with Gasteiger partial charge in [-0.2, -0.15) is 0 Å². The van der Waals surface area contributed by atoms with Crippen molar-refractivity contribution in [1.82, 2.24) is 10.3 Å². The molecule has 1 atom stereocenters. The molecule has 0 aliphatic heterocycles. The Balaban J connectivity index is 1.89. The van der Waals surface area contributed by atoms with E-state index in [1.54, 1.807) is 24.3 Å². The van der Waals surface area contributed by atoms with Gasteiger partial charge in [-0.1, -0.05) is 53.5 Å². The van der Waals surface area contributed by atoms with Gasteiger partial charge in [0.25, 0.3) is 5.91 Å². The van der Waals surface area contributed by atoms with Crippen LogP contribution < -0.4 is 10.6 Å². The lowest BCUT2D eigenvalue weighted by atomic mass is 10.0. The molecule has 1 aromatic carbocycles. The van der Waals surface area contributed by atoms with Gasteiger partial charge in [0.05, 0.1) is 22.5 Å². The Labute approximate surface area is 166 Å². The standard InChI is InChI=1S/C18H17Cl2N3O4/c1-11(24)22-15(12-5-3-2-4-6-12)8-17(26)27-10-16(25)23-18-14(20)7-13(19)9-21-18/h2-7,9,15H,8,10H2,1H3,(H,22,24)(H,21,23,25)/t15-/m1/s1. The number of pyridine rings is 1. The number of aromatic nitrogens is 1. The lowest BCUT2D eigenvalue weighted by molar-refractivity contribution is -0.148. The van der Waals surface area contributed by atoms with Crippen LogP contribution in [0.3, 0.4) is 0 Å². The van der Waals surface area contributed by atoms with Gasteiger partial charge in [-0.3, -0.25) is 14.4 Å². The number of ether oxygens (including phenoxy) is 1. The van der Waals surface area contributed by atoms with Crippen molar-refractivity contribution in [2.75, 3.05) is 11.9 Å². The topological polar surface area (TPSA) is 97.4 Å². The number of amides is 2. The minimum absolute atomic E-state index is 0.113. The zero-order valence-corrected chi connectivity index (χ0v) is 15.9. The van der Waals surface area contributed by atoms with Crippen molar-refractivity contribution < 1.29 is 19.1 Å². The summed E-state index contributed by atoms with van der Waals surface area (Å²) >= 11 is 11.6. The van der Waals surface area contributed by atoms with Crippen molar-refractivity contribution in [2.24, 2.45) is 0 Å². The summed E-state index contributed by atoms with van der Waals surface area (Å²) in [4.78, 5) is 39.2. The van der Waals surface area contributed by atoms with Gasteiger partial charge in [0.1, 0.15) is 0 Å². The Kier molecular flexibility index (Phi) is 7.57. The van der Waals surface area contributed by atoms with Crippen LogP contribution in [0.4, 0.5) is 5.82 Å². The van der Waals surface area contributed by atoms with Crippen molar-refractivity contribution in [1.29, 1.82) is 0 Å². The highest BCUT2D eigenvalue weighted by atomic mass is 35.5. The van der Waals surface area contributed by atoms with Crippen LogP contribution in [0.2, 0.25) is 10.0 Å². The molecule has 0 saturated heterocycles. The fourth-order valence-electron chi connectivity index (χ4n) is 2.23. The van der Waals surface area contributed by atoms with Gasteiger partial charge < -0.3 is 15.4 Å². The highest BCUT2D eigenvalue weighted by Crippen LogP contribution is 2.22. The van der Waals surface area contributed by atoms with Gasteiger partial charge in [-0.05, 0) is 11.6 Å². The first kappa shape index (κ1) is 20.7. The molecule has 0 saturated carbocycles. The van der Waals surface area contributed by atoms with E-state index in [0.717, 1.165) is 5.56 Å². The number of benzene rings is 1. The summed E-state index contributed by atoms with van der Waals surface area (Å²) in [6, 6.07) is 9.87. The molecule has 7 nitrogen and oxygen atoms in total. The van der Waals surface area contributed by atoms with Crippen LogP contribution in [0, 0.1) is 0 Å². The molecule has 2 amide bonds. The largest absolute Gasteiger partial charge is 0.455 e. The Morgan fingerprint density at radius 1 is 1.19 bits per heavy atom. The van der Waals surface area contributed by atoms with E-state index in [-0.39, 0.29) is 23.2 Å². The third-order valence-corrected chi connectivity index (χ3v) is 3.87. The van der Waals surface area contributed by atoms with E-state index in [9.17, 15) is 14.4 Å². The second kappa shape index (κ2) is 9.89. The van der Waals surface area contributed by atoms with Crippen molar-refractivity contribution >= 4 is 46.8 Å². The number of esters is 1. The first-order valence-corrected chi connectivity index (χ1v) is 8.69. The second-order valence-corrected chi connectivity index (χ2v) is 6.40. The quantitative estimate of drug-likeness (QED) is 0.684. The third kappa shape index (κ3) is 6.88. The second-order valence-electron chi connectivity index (χ2n) is 5.56. The third-order valence-electron chi connectivity index (χ3n) is 3.38. The van der Waals surface area contributed by atoms with Crippen LogP contribution >= 0.6 is 23.2 Å². The molecule has 2 aromatic rings. The lowest BCUT2D eigenvalue weighted by Crippen LogP contribution is -2.29. The molecule has 2 rings (SSSR count). The maximum Gasteiger partial charge on any atom is 0.308 e. The molecule has 0 radical (unpaired) electrons. The SMILES string of the molecule is CC(=O)N[C@H](CC(=O)OCC(=O)Nc1ncc(Cl)cc1Cl)c1ccccc1. The smallest absolute Gasteiger partial charge is 0.308 e. The van der Waals surface area contributed by atoms with E-state index < -0.39 is 24.5 Å². The highest BCUT2D eigenvalue weighted by molar-refractivity contribution is 6.36. The van der Waals surface area contributed by atoms with Crippen LogP contribution in [0.1, 0.15) is 24.9 Å². The number of anilines is 1. The molecule has 2 N–H and O–H groups in total. The molecule has 1 aromatic heterocycles. The average molecular weight is 410 g/mol. The predicted octanol–water partition coefficient (Wildman–Crippen LogP) is 3.14. The first-order valence-electron chi connectivity index (χ1n) is 7.93. The molecular weight excluding hydrogens is 393 g/mol. The van der Waals surface area contributed by atoms with Gasteiger partial charge in [-0.25, -0.2) is 4.98 Å². The Hall–Kier alpha value is -2.64. The van der Waals surface area contributed by atoms with Crippen LogP contribution in [0.15, 0.2) is 42.6 Å². The molecule has 1 heterocycles. The molecule has 27 heavy (non-hydrogen) atoms. The van der Waals surface area contributed by atoms with Crippen molar-refractivity contribution in [3.8, 4) is 0 Å². The molecule has 0 aliphatic rings. The van der Waals surface area contributed by atoms with E-state index in [4.69, 9.17) is 27.9 Å². The molecule has 0 aliphatic carbocycles. The normalized spacial score (nSPS) is 11.4. The van der Waals surface area contributed by atoms with E-state index >= 15 is 0 Å². The van der Waals surface area contributed by atoms with Gasteiger partial charge in [0, 0.05) is 13.1 Å². The Morgan fingerprint density at radius 3 is 2.52 bits per heavy atom. The number of carbonyl (C=O) groups excluding carboxylic acids is 3. The van der Waals surface area contributed by atoms with E-state index in [0.29, 0.717) is 5.02 Å². The summed E-state index contributed by atoms with van der Waals surface area (Å²) < 4.78 is 4.97. The number of hydrogen-bond acceptors (Lipinski definition) is 5. The van der Waals surface area contributed by atoms with Gasteiger partial charge in [-0.15, -0.1) is 0 Å². The van der Waals surface area contributed by atoms with Crippen molar-refractivity contribution in [3.05, 3.63) is 58.2 Å². The number of nitrogens with zero attached hydrogens (tertiary/aromatic N) is 1. The summed E-state index contributed by atoms with van der Waals surface area (Å²) in [5, 5.41) is 5.60. The zero-order chi connectivity index (χ0) is 19.8. The van der Waals surface area contributed by atoms with Crippen LogP contribution in [0.25, 0.3) is 0 Å².